The minimum Gasteiger partial charge on any atom is -0.462 e. The van der Waals surface area contributed by atoms with E-state index in [1.165, 1.54) is 13.8 Å². The average molecular weight is 348 g/mol. The second-order valence-electron chi connectivity index (χ2n) is 7.68. The molecule has 6 heteroatoms. The molecule has 0 spiro atoms. The first-order valence-corrected chi connectivity index (χ1v) is 8.94. The van der Waals surface area contributed by atoms with E-state index in [1.807, 2.05) is 0 Å². The zero-order valence-electron chi connectivity index (χ0n) is 14.6. The van der Waals surface area contributed by atoms with Crippen molar-refractivity contribution in [3.05, 3.63) is 24.3 Å². The fourth-order valence-electron chi connectivity index (χ4n) is 4.77. The Morgan fingerprint density at radius 3 is 1.76 bits per heavy atom. The van der Waals surface area contributed by atoms with Crippen molar-refractivity contribution in [1.29, 1.82) is 0 Å². The Balaban J connectivity index is 1.50. The van der Waals surface area contributed by atoms with Gasteiger partial charge >= 0.3 is 11.9 Å². The molecule has 0 aromatic heterocycles. The van der Waals surface area contributed by atoms with Crippen LogP contribution in [0.25, 0.3) is 0 Å². The molecule has 0 amide bonds. The molecule has 4 heterocycles. The summed E-state index contributed by atoms with van der Waals surface area (Å²) in [5, 5.41) is 0. The second-order valence-corrected chi connectivity index (χ2v) is 7.68. The van der Waals surface area contributed by atoms with E-state index in [9.17, 15) is 9.59 Å². The highest BCUT2D eigenvalue weighted by molar-refractivity contribution is 5.66. The van der Waals surface area contributed by atoms with E-state index >= 15 is 0 Å². The van der Waals surface area contributed by atoms with Crippen LogP contribution < -0.4 is 0 Å². The lowest BCUT2D eigenvalue weighted by atomic mass is 9.79. The highest BCUT2D eigenvalue weighted by Crippen LogP contribution is 2.48. The SMILES string of the molecule is CC(=O)O[C@@H]1C[C@@H]2C=C[C@@](C[C@]34C=C[C@@H](C[C@@H](OC(C)=O)C3)O4)(C1)O2. The van der Waals surface area contributed by atoms with Crippen LogP contribution in [-0.2, 0) is 28.5 Å². The Morgan fingerprint density at radius 1 is 0.920 bits per heavy atom. The Kier molecular flexibility index (Phi) is 4.00. The number of hydrogen-bond donors (Lipinski definition) is 0. The van der Waals surface area contributed by atoms with Crippen LogP contribution in [0.3, 0.4) is 0 Å². The van der Waals surface area contributed by atoms with E-state index in [0.29, 0.717) is 32.1 Å². The molecule has 6 atom stereocenters. The van der Waals surface area contributed by atoms with Gasteiger partial charge in [0.1, 0.15) is 12.2 Å². The van der Waals surface area contributed by atoms with Crippen molar-refractivity contribution in [3.63, 3.8) is 0 Å². The van der Waals surface area contributed by atoms with Gasteiger partial charge in [0.15, 0.2) is 0 Å². The molecular weight excluding hydrogens is 324 g/mol. The van der Waals surface area contributed by atoms with Crippen molar-refractivity contribution in [2.45, 2.75) is 81.6 Å². The monoisotopic (exact) mass is 348 g/mol. The molecular formula is C19H24O6. The van der Waals surface area contributed by atoms with Gasteiger partial charge in [-0.2, -0.15) is 0 Å². The van der Waals surface area contributed by atoms with E-state index in [4.69, 9.17) is 18.9 Å². The van der Waals surface area contributed by atoms with Crippen LogP contribution in [0.15, 0.2) is 24.3 Å². The summed E-state index contributed by atoms with van der Waals surface area (Å²) >= 11 is 0. The van der Waals surface area contributed by atoms with Crippen LogP contribution in [-0.4, -0.2) is 47.6 Å². The van der Waals surface area contributed by atoms with Gasteiger partial charge in [0, 0.05) is 46.0 Å². The summed E-state index contributed by atoms with van der Waals surface area (Å²) < 4.78 is 23.4. The summed E-state index contributed by atoms with van der Waals surface area (Å²) in [5.74, 6) is -0.520. The molecule has 4 rings (SSSR count). The fraction of sp³-hybridized carbons (Fsp3) is 0.684. The number of carbonyl (C=O) groups excluding carboxylic acids is 2. The van der Waals surface area contributed by atoms with Gasteiger partial charge in [-0.3, -0.25) is 9.59 Å². The van der Waals surface area contributed by atoms with Crippen molar-refractivity contribution in [2.24, 2.45) is 0 Å². The van der Waals surface area contributed by atoms with Crippen LogP contribution >= 0.6 is 0 Å². The van der Waals surface area contributed by atoms with Crippen molar-refractivity contribution >= 4 is 11.9 Å². The zero-order chi connectivity index (χ0) is 17.7. The van der Waals surface area contributed by atoms with Gasteiger partial charge in [-0.05, 0) is 0 Å². The highest BCUT2D eigenvalue weighted by atomic mass is 16.6. The normalized spacial score (nSPS) is 43.9. The van der Waals surface area contributed by atoms with E-state index in [-0.39, 0.29) is 36.4 Å². The van der Waals surface area contributed by atoms with Crippen LogP contribution in [0.4, 0.5) is 0 Å². The smallest absolute Gasteiger partial charge is 0.302 e. The van der Waals surface area contributed by atoms with Gasteiger partial charge in [-0.25, -0.2) is 0 Å². The van der Waals surface area contributed by atoms with Crippen molar-refractivity contribution < 1.29 is 28.5 Å². The molecule has 0 saturated carbocycles. The molecule has 25 heavy (non-hydrogen) atoms. The van der Waals surface area contributed by atoms with Crippen LogP contribution in [0, 0.1) is 0 Å². The third kappa shape index (κ3) is 3.37. The maximum Gasteiger partial charge on any atom is 0.302 e. The van der Waals surface area contributed by atoms with Crippen molar-refractivity contribution in [1.82, 2.24) is 0 Å². The number of carbonyl (C=O) groups is 2. The molecule has 136 valence electrons. The summed E-state index contributed by atoms with van der Waals surface area (Å²) in [5.41, 5.74) is -0.999. The van der Waals surface area contributed by atoms with Gasteiger partial charge < -0.3 is 18.9 Å². The molecule has 0 N–H and O–H groups in total. The minimum atomic E-state index is -0.500. The molecule has 6 nitrogen and oxygen atoms in total. The molecule has 2 saturated heterocycles. The summed E-state index contributed by atoms with van der Waals surface area (Å²) in [6.07, 6.45) is 11.2. The second kappa shape index (κ2) is 5.95. The quantitative estimate of drug-likeness (QED) is 0.573. The molecule has 4 aliphatic heterocycles. The van der Waals surface area contributed by atoms with Crippen molar-refractivity contribution in [3.8, 4) is 0 Å². The topological polar surface area (TPSA) is 71.1 Å². The van der Waals surface area contributed by atoms with Crippen molar-refractivity contribution in [2.75, 3.05) is 0 Å². The number of ether oxygens (including phenoxy) is 4. The number of rotatable bonds is 4. The zero-order valence-corrected chi connectivity index (χ0v) is 14.6. The van der Waals surface area contributed by atoms with E-state index in [2.05, 4.69) is 24.3 Å². The van der Waals surface area contributed by atoms with E-state index in [0.717, 1.165) is 0 Å². The van der Waals surface area contributed by atoms with Crippen LogP contribution in [0.5, 0.6) is 0 Å². The number of hydrogen-bond acceptors (Lipinski definition) is 6. The molecule has 0 radical (unpaired) electrons. The lowest BCUT2D eigenvalue weighted by Crippen LogP contribution is -2.50. The molecule has 2 fully saturated rings. The average Bonchev–Trinajstić information content (AvgIpc) is 2.94. The van der Waals surface area contributed by atoms with E-state index < -0.39 is 11.2 Å². The molecule has 4 bridgehead atoms. The van der Waals surface area contributed by atoms with Gasteiger partial charge in [0.05, 0.1) is 23.4 Å². The summed E-state index contributed by atoms with van der Waals surface area (Å²) in [6, 6.07) is 0. The Bertz CT molecular complexity index is 586. The Morgan fingerprint density at radius 2 is 1.36 bits per heavy atom. The standard InChI is InChI=1S/C19H24O6/c1-12(20)22-16-7-14-3-5-18(9-16,24-14)11-19-6-4-15(25-19)8-17(10-19)23-13(2)21/h3-6,14-17H,7-11H2,1-2H3/t14-,15-,16+,17+,18-,19-/m0/s1. The maximum absolute atomic E-state index is 11.3. The molecule has 0 aromatic rings. The summed E-state index contributed by atoms with van der Waals surface area (Å²) in [7, 11) is 0. The van der Waals surface area contributed by atoms with Crippen LogP contribution in [0.2, 0.25) is 0 Å². The molecule has 0 aromatic carbocycles. The van der Waals surface area contributed by atoms with Gasteiger partial charge in [0.25, 0.3) is 0 Å². The third-order valence-electron chi connectivity index (χ3n) is 5.40. The predicted molar refractivity (Wildman–Crippen MR) is 87.7 cm³/mol. The molecule has 0 unspecified atom stereocenters. The number of fused-ring (bicyclic) bond motifs is 4. The highest BCUT2D eigenvalue weighted by Gasteiger charge is 2.53. The lowest BCUT2D eigenvalue weighted by molar-refractivity contribution is -0.183. The summed E-state index contributed by atoms with van der Waals surface area (Å²) in [4.78, 5) is 22.7. The van der Waals surface area contributed by atoms with Gasteiger partial charge in [-0.15, -0.1) is 0 Å². The first-order chi connectivity index (χ1) is 11.9. The maximum atomic E-state index is 11.3. The fourth-order valence-corrected chi connectivity index (χ4v) is 4.77. The first kappa shape index (κ1) is 16.8. The largest absolute Gasteiger partial charge is 0.462 e. The Hall–Kier alpha value is -1.66. The lowest BCUT2D eigenvalue weighted by Gasteiger charge is -2.45. The first-order valence-electron chi connectivity index (χ1n) is 8.94. The van der Waals surface area contributed by atoms with Gasteiger partial charge in [-0.1, -0.05) is 24.3 Å². The van der Waals surface area contributed by atoms with Crippen LogP contribution in [0.1, 0.15) is 46.0 Å². The predicted octanol–water partition coefficient (Wildman–Crippen LogP) is 2.22. The van der Waals surface area contributed by atoms with Gasteiger partial charge in [0.2, 0.25) is 0 Å². The molecule has 0 aliphatic carbocycles. The number of esters is 2. The minimum absolute atomic E-state index is 0.0245. The molecule has 4 aliphatic rings. The van der Waals surface area contributed by atoms with E-state index in [1.54, 1.807) is 0 Å². The summed E-state index contributed by atoms with van der Waals surface area (Å²) in [6.45, 7) is 2.88. The third-order valence-corrected chi connectivity index (χ3v) is 5.40. The Labute approximate surface area is 147 Å².